The summed E-state index contributed by atoms with van der Waals surface area (Å²) in [6, 6.07) is 0.700. The van der Waals surface area contributed by atoms with Crippen molar-refractivity contribution in [3.8, 4) is 0 Å². The summed E-state index contributed by atoms with van der Waals surface area (Å²) in [6.45, 7) is 1.54. The van der Waals surface area contributed by atoms with Crippen molar-refractivity contribution in [3.05, 3.63) is 22.3 Å². The predicted octanol–water partition coefficient (Wildman–Crippen LogP) is 3.51. The lowest BCUT2D eigenvalue weighted by Gasteiger charge is -2.14. The number of rotatable bonds is 4. The van der Waals surface area contributed by atoms with Crippen LogP contribution in [-0.2, 0) is 16.0 Å². The maximum absolute atomic E-state index is 12.8. The predicted molar refractivity (Wildman–Crippen MR) is 68.9 cm³/mol. The Labute approximate surface area is 122 Å². The molecule has 0 radical (unpaired) electrons. The summed E-state index contributed by atoms with van der Waals surface area (Å²) in [6.07, 6.45) is -3.77. The van der Waals surface area contributed by atoms with Gasteiger partial charge in [0.25, 0.3) is 0 Å². The Morgan fingerprint density at radius 2 is 2.05 bits per heavy atom. The molecule has 9 heteroatoms. The molecule has 0 fully saturated rings. The molecule has 0 aliphatic carbocycles. The molecule has 0 aromatic carbocycles. The smallest absolute Gasteiger partial charge is 0.243 e. The Balaban J connectivity index is 3.35. The van der Waals surface area contributed by atoms with Crippen LogP contribution in [0.2, 0.25) is 0 Å². The molecule has 0 saturated heterocycles. The number of sulfone groups is 1. The number of hydrogen-bond donors (Lipinski definition) is 0. The van der Waals surface area contributed by atoms with Crippen LogP contribution >= 0.6 is 27.5 Å². The number of halogens is 5. The molecular weight excluding hydrogens is 371 g/mol. The zero-order chi connectivity index (χ0) is 14.8. The molecule has 1 rings (SSSR count). The molecule has 0 spiro atoms. The minimum Gasteiger partial charge on any atom is -0.243 e. The second-order valence-electron chi connectivity index (χ2n) is 4.04. The van der Waals surface area contributed by atoms with Crippen LogP contribution in [0.3, 0.4) is 0 Å². The highest BCUT2D eigenvalue weighted by molar-refractivity contribution is 9.10. The highest BCUT2D eigenvalue weighted by Crippen LogP contribution is 2.35. The van der Waals surface area contributed by atoms with Gasteiger partial charge in [0.1, 0.15) is 0 Å². The van der Waals surface area contributed by atoms with Crippen molar-refractivity contribution in [2.75, 3.05) is 11.6 Å². The highest BCUT2D eigenvalue weighted by atomic mass is 79.9. The molecule has 108 valence electrons. The molecule has 1 heterocycles. The first kappa shape index (κ1) is 16.7. The first-order valence-corrected chi connectivity index (χ1v) is 8.07. The summed E-state index contributed by atoms with van der Waals surface area (Å²) < 4.78 is 62.4. The molecule has 3 nitrogen and oxygen atoms in total. The number of alkyl halides is 4. The second kappa shape index (κ2) is 5.97. The van der Waals surface area contributed by atoms with Crippen molar-refractivity contribution in [1.82, 2.24) is 4.98 Å². The molecular formula is C10H10BrClF3NO2S. The fraction of sp³-hybridized carbons (Fsp3) is 0.500. The molecule has 0 aliphatic rings. The fourth-order valence-electron chi connectivity index (χ4n) is 1.38. The van der Waals surface area contributed by atoms with Crippen LogP contribution in [0, 0.1) is 5.92 Å². The van der Waals surface area contributed by atoms with E-state index in [0.717, 1.165) is 6.20 Å². The first-order chi connectivity index (χ1) is 8.58. The number of pyridine rings is 1. The van der Waals surface area contributed by atoms with E-state index in [-0.39, 0.29) is 10.4 Å². The maximum Gasteiger partial charge on any atom is 0.419 e. The van der Waals surface area contributed by atoms with E-state index in [0.29, 0.717) is 6.07 Å². The monoisotopic (exact) mass is 379 g/mol. The molecule has 1 aromatic rings. The van der Waals surface area contributed by atoms with Crippen molar-refractivity contribution in [1.29, 1.82) is 0 Å². The third-order valence-corrected chi connectivity index (χ3v) is 5.07. The summed E-state index contributed by atoms with van der Waals surface area (Å²) >= 11 is 8.33. The first-order valence-electron chi connectivity index (χ1n) is 5.09. The van der Waals surface area contributed by atoms with Gasteiger partial charge in [-0.3, -0.25) is 0 Å². The lowest BCUT2D eigenvalue weighted by atomic mass is 10.3. The number of nitrogens with zero attached hydrogens (tertiary/aromatic N) is 1. The van der Waals surface area contributed by atoms with Gasteiger partial charge in [0.15, 0.2) is 14.9 Å². The van der Waals surface area contributed by atoms with Gasteiger partial charge >= 0.3 is 6.18 Å². The van der Waals surface area contributed by atoms with E-state index in [9.17, 15) is 21.6 Å². The largest absolute Gasteiger partial charge is 0.419 e. The Morgan fingerprint density at radius 1 is 1.47 bits per heavy atom. The van der Waals surface area contributed by atoms with Crippen LogP contribution < -0.4 is 0 Å². The topological polar surface area (TPSA) is 47.0 Å². The molecule has 0 amide bonds. The SMILES string of the molecule is CC(CCl)CS(=O)(=O)c1ncc(Br)cc1C(F)(F)F. The van der Waals surface area contributed by atoms with Gasteiger partial charge in [0.2, 0.25) is 0 Å². The van der Waals surface area contributed by atoms with Gasteiger partial charge < -0.3 is 0 Å². The van der Waals surface area contributed by atoms with Crippen molar-refractivity contribution in [2.24, 2.45) is 5.92 Å². The van der Waals surface area contributed by atoms with Crippen LogP contribution in [-0.4, -0.2) is 25.0 Å². The van der Waals surface area contributed by atoms with Crippen LogP contribution in [0.15, 0.2) is 21.8 Å². The zero-order valence-corrected chi connectivity index (χ0v) is 12.9. The molecule has 1 aromatic heterocycles. The van der Waals surface area contributed by atoms with E-state index in [1.54, 1.807) is 0 Å². The Bertz CT molecular complexity index is 562. The standard InChI is InChI=1S/C10H10BrClF3NO2S/c1-6(3-12)5-19(17,18)9-8(10(13,14)15)2-7(11)4-16-9/h2,4,6H,3,5H2,1H3. The van der Waals surface area contributed by atoms with Gasteiger partial charge in [-0.25, -0.2) is 13.4 Å². The summed E-state index contributed by atoms with van der Waals surface area (Å²) in [5.74, 6) is -0.899. The Hall–Kier alpha value is -0.340. The van der Waals surface area contributed by atoms with Crippen molar-refractivity contribution in [2.45, 2.75) is 18.1 Å². The third-order valence-electron chi connectivity index (χ3n) is 2.19. The van der Waals surface area contributed by atoms with Gasteiger partial charge in [-0.2, -0.15) is 13.2 Å². The summed E-state index contributed by atoms with van der Waals surface area (Å²) in [4.78, 5) is 3.41. The fourth-order valence-corrected chi connectivity index (χ4v) is 3.69. The third kappa shape index (κ3) is 4.32. The van der Waals surface area contributed by atoms with Crippen LogP contribution in [0.4, 0.5) is 13.2 Å². The van der Waals surface area contributed by atoms with Crippen molar-refractivity contribution >= 4 is 37.4 Å². The van der Waals surface area contributed by atoms with E-state index in [2.05, 4.69) is 20.9 Å². The van der Waals surface area contributed by atoms with E-state index in [1.165, 1.54) is 6.92 Å². The lowest BCUT2D eigenvalue weighted by molar-refractivity contribution is -0.140. The molecule has 19 heavy (non-hydrogen) atoms. The second-order valence-corrected chi connectivity index (χ2v) is 7.22. The molecule has 1 unspecified atom stereocenters. The van der Waals surface area contributed by atoms with E-state index in [1.807, 2.05) is 0 Å². The molecule has 0 aliphatic heterocycles. The number of hydrogen-bond acceptors (Lipinski definition) is 3. The lowest BCUT2D eigenvalue weighted by Crippen LogP contribution is -2.21. The minimum atomic E-state index is -4.79. The van der Waals surface area contributed by atoms with Gasteiger partial charge in [0.05, 0.1) is 11.3 Å². The van der Waals surface area contributed by atoms with Gasteiger partial charge in [-0.15, -0.1) is 11.6 Å². The summed E-state index contributed by atoms with van der Waals surface area (Å²) in [5.41, 5.74) is -1.27. The molecule has 0 N–H and O–H groups in total. The minimum absolute atomic E-state index is 0.0388. The van der Waals surface area contributed by atoms with Crippen molar-refractivity contribution in [3.63, 3.8) is 0 Å². The van der Waals surface area contributed by atoms with Gasteiger partial charge in [0, 0.05) is 16.5 Å². The summed E-state index contributed by atoms with van der Waals surface area (Å²) in [5, 5.41) is -0.958. The van der Waals surface area contributed by atoms with Crippen molar-refractivity contribution < 1.29 is 21.6 Å². The Morgan fingerprint density at radius 3 is 2.53 bits per heavy atom. The Kier molecular flexibility index (Phi) is 5.25. The van der Waals surface area contributed by atoms with Gasteiger partial charge in [-0.05, 0) is 27.9 Å². The molecule has 0 bridgehead atoms. The molecule has 1 atom stereocenters. The zero-order valence-electron chi connectivity index (χ0n) is 9.71. The van der Waals surface area contributed by atoms with E-state index in [4.69, 9.17) is 11.6 Å². The van der Waals surface area contributed by atoms with E-state index >= 15 is 0 Å². The average Bonchev–Trinajstić information content (AvgIpc) is 2.26. The van der Waals surface area contributed by atoms with Crippen LogP contribution in [0.25, 0.3) is 0 Å². The number of aromatic nitrogens is 1. The quantitative estimate of drug-likeness (QED) is 0.751. The molecule has 0 saturated carbocycles. The normalized spacial score (nSPS) is 14.4. The van der Waals surface area contributed by atoms with Crippen LogP contribution in [0.5, 0.6) is 0 Å². The maximum atomic E-state index is 12.8. The summed E-state index contributed by atoms with van der Waals surface area (Å²) in [7, 11) is -4.14. The van der Waals surface area contributed by atoms with Gasteiger partial charge in [-0.1, -0.05) is 6.92 Å². The highest BCUT2D eigenvalue weighted by Gasteiger charge is 2.38. The van der Waals surface area contributed by atoms with E-state index < -0.39 is 38.3 Å². The van der Waals surface area contributed by atoms with Crippen LogP contribution in [0.1, 0.15) is 12.5 Å². The average molecular weight is 381 g/mol.